The Hall–Kier alpha value is -2.11. The van der Waals surface area contributed by atoms with Crippen molar-refractivity contribution in [1.29, 1.82) is 0 Å². The van der Waals surface area contributed by atoms with E-state index in [4.69, 9.17) is 10.8 Å². The minimum absolute atomic E-state index is 0.468. The highest BCUT2D eigenvalue weighted by Crippen LogP contribution is 2.00. The van der Waals surface area contributed by atoms with Gasteiger partial charge in [-0.2, -0.15) is 0 Å². The van der Waals surface area contributed by atoms with Crippen LogP contribution in [0.5, 0.6) is 0 Å². The molecule has 0 saturated carbocycles. The molecule has 0 aliphatic carbocycles. The predicted molar refractivity (Wildman–Crippen MR) is 40.5 cm³/mol. The molecule has 6 nitrogen and oxygen atoms in total. The van der Waals surface area contributed by atoms with Crippen LogP contribution in [0.2, 0.25) is 0 Å². The van der Waals surface area contributed by atoms with E-state index in [1.54, 1.807) is 0 Å². The van der Waals surface area contributed by atoms with Gasteiger partial charge in [0.05, 0.1) is 0 Å². The third-order valence-corrected chi connectivity index (χ3v) is 1.22. The molecule has 1 aromatic rings. The van der Waals surface area contributed by atoms with Crippen LogP contribution in [0.1, 0.15) is 21.1 Å². The van der Waals surface area contributed by atoms with Gasteiger partial charge < -0.3 is 15.3 Å². The number of aromatic carboxylic acids is 1. The van der Waals surface area contributed by atoms with Crippen LogP contribution in [0.4, 0.5) is 0 Å². The average molecular weight is 183 g/mol. The number of carboxylic acid groups (broad SMARTS) is 1. The molecule has 0 aromatic carbocycles. The maximum atomic E-state index is 10.8. The predicted octanol–water partition coefficient (Wildman–Crippen LogP) is -0.563. The molecule has 0 aliphatic rings. The molecule has 0 bridgehead atoms. The van der Waals surface area contributed by atoms with Crippen LogP contribution in [0, 0.1) is 0 Å². The van der Waals surface area contributed by atoms with Crippen molar-refractivity contribution in [2.45, 2.75) is 0 Å². The molecule has 1 amide bonds. The third-order valence-electron chi connectivity index (χ3n) is 1.22. The van der Waals surface area contributed by atoms with E-state index in [1.165, 1.54) is 0 Å². The maximum absolute atomic E-state index is 10.8. The first-order valence-corrected chi connectivity index (χ1v) is 3.19. The summed E-state index contributed by atoms with van der Waals surface area (Å²) in [5, 5.41) is 8.43. The highest BCUT2D eigenvalue weighted by Gasteiger charge is 2.11. The van der Waals surface area contributed by atoms with Gasteiger partial charge in [0.15, 0.2) is 11.2 Å². The molecule has 13 heavy (non-hydrogen) atoms. The van der Waals surface area contributed by atoms with Crippen molar-refractivity contribution in [3.63, 3.8) is 0 Å². The minimum atomic E-state index is -1.43. The molecule has 1 heterocycles. The zero-order valence-corrected chi connectivity index (χ0v) is 6.31. The second-order valence-corrected chi connectivity index (χ2v) is 2.19. The quantitative estimate of drug-likeness (QED) is 0.638. The van der Waals surface area contributed by atoms with Gasteiger partial charge in [0.2, 0.25) is 5.76 Å². The summed E-state index contributed by atoms with van der Waals surface area (Å²) in [6, 6.07) is 1.59. The van der Waals surface area contributed by atoms with Crippen molar-refractivity contribution < 1.29 is 19.1 Å². The number of carbonyl (C=O) groups excluding carboxylic acids is 1. The Bertz CT molecular complexity index is 384. The Morgan fingerprint density at radius 1 is 1.31 bits per heavy atom. The third kappa shape index (κ3) is 1.92. The first kappa shape index (κ1) is 8.98. The number of nitrogens with two attached hydrogens (primary N) is 1. The fourth-order valence-electron chi connectivity index (χ4n) is 0.704. The first-order valence-electron chi connectivity index (χ1n) is 3.19. The fraction of sp³-hybridized carbons (Fsp3) is 0. The van der Waals surface area contributed by atoms with Gasteiger partial charge in [-0.25, -0.2) is 4.79 Å². The molecule has 0 spiro atoms. The van der Waals surface area contributed by atoms with Gasteiger partial charge >= 0.3 is 5.97 Å². The van der Waals surface area contributed by atoms with Crippen LogP contribution in [-0.2, 0) is 0 Å². The number of hydrogen-bond donors (Lipinski definition) is 2. The van der Waals surface area contributed by atoms with Gasteiger partial charge in [-0.15, -0.1) is 0 Å². The van der Waals surface area contributed by atoms with E-state index in [0.717, 1.165) is 12.1 Å². The summed E-state index contributed by atoms with van der Waals surface area (Å²) in [7, 11) is 0. The summed E-state index contributed by atoms with van der Waals surface area (Å²) in [5.74, 6) is -3.49. The highest BCUT2D eigenvalue weighted by molar-refractivity contribution is 5.91. The summed E-state index contributed by atoms with van der Waals surface area (Å²) in [6.07, 6.45) is 0. The molecule has 0 saturated heterocycles. The van der Waals surface area contributed by atoms with E-state index in [1.807, 2.05) is 0 Å². The van der Waals surface area contributed by atoms with E-state index >= 15 is 0 Å². The Morgan fingerprint density at radius 2 is 1.85 bits per heavy atom. The van der Waals surface area contributed by atoms with E-state index < -0.39 is 28.8 Å². The summed E-state index contributed by atoms with van der Waals surface area (Å²) in [6.45, 7) is 0. The summed E-state index contributed by atoms with van der Waals surface area (Å²) >= 11 is 0. The minimum Gasteiger partial charge on any atom is -0.475 e. The van der Waals surface area contributed by atoms with Crippen molar-refractivity contribution in [3.8, 4) is 0 Å². The zero-order valence-electron chi connectivity index (χ0n) is 6.31. The normalized spacial score (nSPS) is 9.54. The Morgan fingerprint density at radius 3 is 2.31 bits per heavy atom. The lowest BCUT2D eigenvalue weighted by Crippen LogP contribution is -2.16. The van der Waals surface area contributed by atoms with Crippen LogP contribution >= 0.6 is 0 Å². The Balaban J connectivity index is 3.35. The van der Waals surface area contributed by atoms with Gasteiger partial charge in [-0.1, -0.05) is 0 Å². The zero-order chi connectivity index (χ0) is 10.0. The average Bonchev–Trinajstić information content (AvgIpc) is 2.03. The van der Waals surface area contributed by atoms with Gasteiger partial charge in [0.1, 0.15) is 0 Å². The Kier molecular flexibility index (Phi) is 2.14. The highest BCUT2D eigenvalue weighted by atomic mass is 16.4. The molecule has 6 heteroatoms. The Labute approximate surface area is 71.6 Å². The van der Waals surface area contributed by atoms with Crippen LogP contribution in [0.15, 0.2) is 21.3 Å². The van der Waals surface area contributed by atoms with Crippen LogP contribution in [-0.4, -0.2) is 17.0 Å². The van der Waals surface area contributed by atoms with Gasteiger partial charge in [-0.05, 0) is 0 Å². The monoisotopic (exact) mass is 183 g/mol. The van der Waals surface area contributed by atoms with Crippen LogP contribution < -0.4 is 11.2 Å². The van der Waals surface area contributed by atoms with E-state index in [2.05, 4.69) is 4.42 Å². The summed E-state index contributed by atoms with van der Waals surface area (Å²) in [5.41, 5.74) is 4.15. The molecule has 1 rings (SSSR count). The fourth-order valence-corrected chi connectivity index (χ4v) is 0.704. The first-order chi connectivity index (χ1) is 6.00. The summed E-state index contributed by atoms with van der Waals surface area (Å²) < 4.78 is 4.51. The second kappa shape index (κ2) is 3.10. The van der Waals surface area contributed by atoms with Crippen molar-refractivity contribution in [1.82, 2.24) is 0 Å². The second-order valence-electron chi connectivity index (χ2n) is 2.19. The molecule has 0 aliphatic heterocycles. The number of amides is 1. The molecular formula is C7H5NO5. The van der Waals surface area contributed by atoms with Crippen molar-refractivity contribution in [2.75, 3.05) is 0 Å². The largest absolute Gasteiger partial charge is 0.475 e. The molecule has 0 atom stereocenters. The lowest BCUT2D eigenvalue weighted by molar-refractivity contribution is 0.0656. The molecule has 1 aromatic heterocycles. The van der Waals surface area contributed by atoms with Crippen molar-refractivity contribution in [3.05, 3.63) is 33.9 Å². The number of carboxylic acids is 1. The maximum Gasteiger partial charge on any atom is 0.371 e. The molecule has 0 radical (unpaired) electrons. The van der Waals surface area contributed by atoms with Crippen molar-refractivity contribution >= 4 is 11.9 Å². The molecular weight excluding hydrogens is 178 g/mol. The van der Waals surface area contributed by atoms with Gasteiger partial charge in [0.25, 0.3) is 5.91 Å². The number of hydrogen-bond acceptors (Lipinski definition) is 4. The summed E-state index contributed by atoms with van der Waals surface area (Å²) in [4.78, 5) is 31.7. The molecule has 68 valence electrons. The molecule has 0 fully saturated rings. The standard InChI is InChI=1S/C7H5NO5/c8-6(10)4-1-3(9)2-5(13-4)7(11)12/h1-2H,(H2,8,10)(H,11,12). The lowest BCUT2D eigenvalue weighted by Gasteiger charge is -1.95. The topological polar surface area (TPSA) is 111 Å². The SMILES string of the molecule is NC(=O)c1cc(=O)cc(C(=O)O)o1. The number of carbonyl (C=O) groups is 2. The van der Waals surface area contributed by atoms with Crippen molar-refractivity contribution in [2.24, 2.45) is 5.73 Å². The van der Waals surface area contributed by atoms with Gasteiger partial charge in [0, 0.05) is 12.1 Å². The number of primary amides is 1. The smallest absolute Gasteiger partial charge is 0.371 e. The van der Waals surface area contributed by atoms with Gasteiger partial charge in [-0.3, -0.25) is 9.59 Å². The molecule has 0 unspecified atom stereocenters. The van der Waals surface area contributed by atoms with Crippen LogP contribution in [0.25, 0.3) is 0 Å². The van der Waals surface area contributed by atoms with E-state index in [9.17, 15) is 14.4 Å². The lowest BCUT2D eigenvalue weighted by atomic mass is 10.3. The van der Waals surface area contributed by atoms with E-state index in [0.29, 0.717) is 0 Å². The molecule has 3 N–H and O–H groups in total. The number of rotatable bonds is 2. The van der Waals surface area contributed by atoms with Crippen LogP contribution in [0.3, 0.4) is 0 Å². The van der Waals surface area contributed by atoms with E-state index in [-0.39, 0.29) is 0 Å².